The smallest absolute Gasteiger partial charge is 0.257 e. The first kappa shape index (κ1) is 14.3. The quantitative estimate of drug-likeness (QED) is 0.901. The molecule has 20 heavy (non-hydrogen) atoms. The second-order valence-corrected chi connectivity index (χ2v) is 4.40. The minimum absolute atomic E-state index is 0.196. The first-order chi connectivity index (χ1) is 9.52. The van der Waals surface area contributed by atoms with Crippen molar-refractivity contribution in [1.29, 1.82) is 0 Å². The molecule has 0 unspecified atom stereocenters. The van der Waals surface area contributed by atoms with E-state index in [1.807, 2.05) is 0 Å². The monoisotopic (exact) mass is 296 g/mol. The third-order valence-corrected chi connectivity index (χ3v) is 2.98. The van der Waals surface area contributed by atoms with Gasteiger partial charge >= 0.3 is 0 Å². The van der Waals surface area contributed by atoms with Crippen LogP contribution < -0.4 is 10.6 Å². The average Bonchev–Trinajstić information content (AvgIpc) is 2.42. The number of benzene rings is 2. The zero-order chi connectivity index (χ0) is 14.7. The van der Waals surface area contributed by atoms with E-state index in [0.717, 1.165) is 6.07 Å². The van der Waals surface area contributed by atoms with Gasteiger partial charge in [-0.15, -0.1) is 0 Å². The van der Waals surface area contributed by atoms with E-state index in [1.165, 1.54) is 0 Å². The largest absolute Gasteiger partial charge is 0.387 e. The first-order valence-corrected chi connectivity index (χ1v) is 6.13. The minimum atomic E-state index is -0.926. The van der Waals surface area contributed by atoms with Crippen LogP contribution in [0.15, 0.2) is 36.4 Å². The Bertz CT molecular complexity index is 638. The van der Waals surface area contributed by atoms with Gasteiger partial charge in [0.15, 0.2) is 5.82 Å². The summed E-state index contributed by atoms with van der Waals surface area (Å²) in [6, 6.07) is 8.32. The van der Waals surface area contributed by atoms with Gasteiger partial charge in [-0.3, -0.25) is 4.79 Å². The van der Waals surface area contributed by atoms with Crippen LogP contribution >= 0.6 is 11.6 Å². The van der Waals surface area contributed by atoms with Gasteiger partial charge in [0.2, 0.25) is 0 Å². The lowest BCUT2D eigenvalue weighted by atomic mass is 10.1. The van der Waals surface area contributed by atoms with E-state index < -0.39 is 17.5 Å². The molecule has 0 aliphatic heterocycles. The number of hydrogen-bond donors (Lipinski definition) is 2. The molecule has 0 saturated heterocycles. The number of hydrogen-bond acceptors (Lipinski definition) is 2. The zero-order valence-electron chi connectivity index (χ0n) is 10.5. The van der Waals surface area contributed by atoms with Gasteiger partial charge in [-0.1, -0.05) is 23.7 Å². The summed E-state index contributed by atoms with van der Waals surface area (Å²) >= 11 is 5.73. The van der Waals surface area contributed by atoms with E-state index >= 15 is 0 Å². The fourth-order valence-electron chi connectivity index (χ4n) is 1.74. The molecule has 3 nitrogen and oxygen atoms in total. The molecule has 0 aliphatic carbocycles. The third-order valence-electron chi connectivity index (χ3n) is 2.69. The number of carbonyl (C=O) groups is 1. The SMILES string of the molecule is CNc1ccccc1C(=O)Nc1c(F)cc(F)cc1Cl. The molecule has 2 aromatic carbocycles. The van der Waals surface area contributed by atoms with Crippen LogP contribution in [0.3, 0.4) is 0 Å². The van der Waals surface area contributed by atoms with E-state index in [1.54, 1.807) is 31.3 Å². The van der Waals surface area contributed by atoms with Gasteiger partial charge in [-0.05, 0) is 18.2 Å². The van der Waals surface area contributed by atoms with Crippen LogP contribution in [0.5, 0.6) is 0 Å². The number of amides is 1. The fourth-order valence-corrected chi connectivity index (χ4v) is 1.98. The Morgan fingerprint density at radius 2 is 1.90 bits per heavy atom. The Morgan fingerprint density at radius 1 is 1.20 bits per heavy atom. The topological polar surface area (TPSA) is 41.1 Å². The van der Waals surface area contributed by atoms with Crippen LogP contribution in [0.2, 0.25) is 5.02 Å². The predicted molar refractivity (Wildman–Crippen MR) is 75.3 cm³/mol. The molecule has 0 saturated carbocycles. The van der Waals surface area contributed by atoms with Crippen LogP contribution in [0.25, 0.3) is 0 Å². The lowest BCUT2D eigenvalue weighted by molar-refractivity contribution is 0.102. The van der Waals surface area contributed by atoms with Crippen LogP contribution in [-0.4, -0.2) is 13.0 Å². The van der Waals surface area contributed by atoms with Crippen molar-refractivity contribution in [2.24, 2.45) is 0 Å². The summed E-state index contributed by atoms with van der Waals surface area (Å²) in [5.41, 5.74) is 0.669. The molecule has 2 N–H and O–H groups in total. The van der Waals surface area contributed by atoms with Crippen LogP contribution in [-0.2, 0) is 0 Å². The lowest BCUT2D eigenvalue weighted by Crippen LogP contribution is -2.15. The molecular formula is C14H11ClF2N2O. The van der Waals surface area contributed by atoms with Crippen molar-refractivity contribution in [3.05, 3.63) is 58.6 Å². The number of carbonyl (C=O) groups excluding carboxylic acids is 1. The van der Waals surface area contributed by atoms with Crippen molar-refractivity contribution in [1.82, 2.24) is 0 Å². The maximum absolute atomic E-state index is 13.6. The molecule has 6 heteroatoms. The summed E-state index contributed by atoms with van der Waals surface area (Å²) in [5.74, 6) is -2.27. The second-order valence-electron chi connectivity index (χ2n) is 3.99. The molecular weight excluding hydrogens is 286 g/mol. The Balaban J connectivity index is 2.33. The molecule has 0 radical (unpaired) electrons. The number of anilines is 2. The van der Waals surface area contributed by atoms with Crippen molar-refractivity contribution < 1.29 is 13.6 Å². The van der Waals surface area contributed by atoms with Gasteiger partial charge in [-0.25, -0.2) is 8.78 Å². The predicted octanol–water partition coefficient (Wildman–Crippen LogP) is 3.91. The highest BCUT2D eigenvalue weighted by molar-refractivity contribution is 6.34. The minimum Gasteiger partial charge on any atom is -0.387 e. The highest BCUT2D eigenvalue weighted by Gasteiger charge is 2.16. The highest BCUT2D eigenvalue weighted by atomic mass is 35.5. The molecule has 2 aromatic rings. The molecule has 0 aromatic heterocycles. The molecule has 0 fully saturated rings. The van der Waals surface area contributed by atoms with E-state index in [4.69, 9.17) is 11.6 Å². The molecule has 0 atom stereocenters. The summed E-state index contributed by atoms with van der Waals surface area (Å²) in [4.78, 5) is 12.1. The number of para-hydroxylation sites is 1. The van der Waals surface area contributed by atoms with Crippen LogP contribution in [0.1, 0.15) is 10.4 Å². The third kappa shape index (κ3) is 2.88. The number of nitrogens with one attached hydrogen (secondary N) is 2. The van der Waals surface area contributed by atoms with Crippen molar-refractivity contribution in [3.63, 3.8) is 0 Å². The summed E-state index contributed by atoms with van der Waals surface area (Å²) in [7, 11) is 1.66. The molecule has 0 aliphatic rings. The Morgan fingerprint density at radius 3 is 2.55 bits per heavy atom. The van der Waals surface area contributed by atoms with Gasteiger partial charge in [-0.2, -0.15) is 0 Å². The van der Waals surface area contributed by atoms with Crippen molar-refractivity contribution in [2.75, 3.05) is 17.7 Å². The number of rotatable bonds is 3. The highest BCUT2D eigenvalue weighted by Crippen LogP contribution is 2.27. The Hall–Kier alpha value is -2.14. The zero-order valence-corrected chi connectivity index (χ0v) is 11.3. The van der Waals surface area contributed by atoms with E-state index in [9.17, 15) is 13.6 Å². The van der Waals surface area contributed by atoms with Crippen molar-refractivity contribution in [2.45, 2.75) is 0 Å². The maximum atomic E-state index is 13.6. The van der Waals surface area contributed by atoms with E-state index in [2.05, 4.69) is 10.6 Å². The van der Waals surface area contributed by atoms with Gasteiger partial charge in [0.05, 0.1) is 16.3 Å². The molecule has 0 heterocycles. The van der Waals surface area contributed by atoms with E-state index in [-0.39, 0.29) is 10.7 Å². The van der Waals surface area contributed by atoms with Gasteiger partial charge in [0.25, 0.3) is 5.91 Å². The van der Waals surface area contributed by atoms with Gasteiger partial charge < -0.3 is 10.6 Å². The Labute approximate surface area is 119 Å². The molecule has 0 spiro atoms. The molecule has 1 amide bonds. The summed E-state index contributed by atoms with van der Waals surface area (Å²) in [6.07, 6.45) is 0. The standard InChI is InChI=1S/C14H11ClF2N2O/c1-18-12-5-3-2-4-9(12)14(20)19-13-10(15)6-8(16)7-11(13)17/h2-7,18H,1H3,(H,19,20). The molecule has 2 rings (SSSR count). The van der Waals surface area contributed by atoms with Crippen molar-refractivity contribution >= 4 is 28.9 Å². The number of halogens is 3. The van der Waals surface area contributed by atoms with E-state index in [0.29, 0.717) is 17.3 Å². The lowest BCUT2D eigenvalue weighted by Gasteiger charge is -2.11. The summed E-state index contributed by atoms with van der Waals surface area (Å²) in [6.45, 7) is 0. The Kier molecular flexibility index (Phi) is 4.20. The fraction of sp³-hybridized carbons (Fsp3) is 0.0714. The first-order valence-electron chi connectivity index (χ1n) is 5.75. The van der Waals surface area contributed by atoms with Crippen LogP contribution in [0, 0.1) is 11.6 Å². The van der Waals surface area contributed by atoms with Gasteiger partial charge in [0, 0.05) is 18.8 Å². The molecule has 104 valence electrons. The average molecular weight is 297 g/mol. The second kappa shape index (κ2) is 5.88. The van der Waals surface area contributed by atoms with Crippen molar-refractivity contribution in [3.8, 4) is 0 Å². The normalized spacial score (nSPS) is 10.2. The maximum Gasteiger partial charge on any atom is 0.257 e. The van der Waals surface area contributed by atoms with Crippen LogP contribution in [0.4, 0.5) is 20.2 Å². The van der Waals surface area contributed by atoms with Gasteiger partial charge in [0.1, 0.15) is 5.82 Å². The summed E-state index contributed by atoms with van der Waals surface area (Å²) < 4.78 is 26.6. The molecule has 0 bridgehead atoms. The summed E-state index contributed by atoms with van der Waals surface area (Å²) in [5, 5.41) is 5.00.